The fraction of sp³-hybridized carbons (Fsp3) is 0.545. The quantitative estimate of drug-likeness (QED) is 0.869. The fourth-order valence-electron chi connectivity index (χ4n) is 2.07. The minimum absolute atomic E-state index is 0.0401. The van der Waals surface area contributed by atoms with Crippen molar-refractivity contribution >= 4 is 11.8 Å². The summed E-state index contributed by atoms with van der Waals surface area (Å²) in [5.41, 5.74) is 4.90. The molecular formula is C11H15F2N5O. The Morgan fingerprint density at radius 3 is 3.00 bits per heavy atom. The van der Waals surface area contributed by atoms with Crippen molar-refractivity contribution in [1.82, 2.24) is 14.9 Å². The van der Waals surface area contributed by atoms with Gasteiger partial charge in [-0.15, -0.1) is 0 Å². The Balaban J connectivity index is 2.00. The second-order valence-electron chi connectivity index (χ2n) is 4.40. The highest BCUT2D eigenvalue weighted by Crippen LogP contribution is 2.19. The Kier molecular flexibility index (Phi) is 4.08. The number of likely N-dealkylation sites (tertiary alicyclic amines) is 1. The lowest BCUT2D eigenvalue weighted by molar-refractivity contribution is 0.146. The topological polar surface area (TPSA) is 84.1 Å². The first-order valence-electron chi connectivity index (χ1n) is 5.97. The second kappa shape index (κ2) is 5.77. The van der Waals surface area contributed by atoms with Gasteiger partial charge in [0.15, 0.2) is 0 Å². The largest absolute Gasteiger partial charge is 0.365 e. The van der Waals surface area contributed by atoms with Crippen molar-refractivity contribution < 1.29 is 13.6 Å². The van der Waals surface area contributed by atoms with Crippen LogP contribution < -0.4 is 11.1 Å². The number of nitrogens with one attached hydrogen (secondary N) is 1. The zero-order valence-corrected chi connectivity index (χ0v) is 10.2. The number of nitrogens with zero attached hydrogens (tertiary/aromatic N) is 3. The van der Waals surface area contributed by atoms with Crippen molar-refractivity contribution in [2.75, 3.05) is 18.4 Å². The summed E-state index contributed by atoms with van der Waals surface area (Å²) in [7, 11) is 0. The number of rotatable bonds is 3. The number of hydrogen-bond donors (Lipinski definition) is 2. The van der Waals surface area contributed by atoms with Crippen LogP contribution in [0.4, 0.5) is 19.4 Å². The zero-order valence-electron chi connectivity index (χ0n) is 10.2. The van der Waals surface area contributed by atoms with E-state index < -0.39 is 12.5 Å². The standard InChI is InChI=1S/C11H15F2N5O/c12-10(13)8-4-9(16-6-15-8)17-7-2-1-3-18(5-7)11(14)19/h4,6-7,10H,1-3,5H2,(H2,14,19)(H,15,16,17). The highest BCUT2D eigenvalue weighted by molar-refractivity contribution is 5.72. The predicted molar refractivity (Wildman–Crippen MR) is 64.8 cm³/mol. The molecule has 1 saturated heterocycles. The van der Waals surface area contributed by atoms with E-state index in [1.54, 1.807) is 0 Å². The van der Waals surface area contributed by atoms with Gasteiger partial charge >= 0.3 is 6.03 Å². The minimum Gasteiger partial charge on any atom is -0.365 e. The van der Waals surface area contributed by atoms with Crippen LogP contribution in [0, 0.1) is 0 Å². The van der Waals surface area contributed by atoms with E-state index in [1.165, 1.54) is 11.0 Å². The average molecular weight is 271 g/mol. The van der Waals surface area contributed by atoms with Crippen molar-refractivity contribution in [3.63, 3.8) is 0 Å². The number of anilines is 1. The van der Waals surface area contributed by atoms with E-state index in [4.69, 9.17) is 5.73 Å². The molecule has 1 unspecified atom stereocenters. The first kappa shape index (κ1) is 13.4. The molecule has 1 aliphatic heterocycles. The van der Waals surface area contributed by atoms with Crippen molar-refractivity contribution in [2.24, 2.45) is 5.73 Å². The van der Waals surface area contributed by atoms with Crippen LogP contribution >= 0.6 is 0 Å². The highest BCUT2D eigenvalue weighted by Gasteiger charge is 2.22. The molecule has 1 aliphatic rings. The van der Waals surface area contributed by atoms with Gasteiger partial charge in [-0.2, -0.15) is 0 Å². The van der Waals surface area contributed by atoms with Crippen LogP contribution in [0.3, 0.4) is 0 Å². The van der Waals surface area contributed by atoms with Gasteiger partial charge < -0.3 is 16.0 Å². The summed E-state index contributed by atoms with van der Waals surface area (Å²) in [4.78, 5) is 20.0. The van der Waals surface area contributed by atoms with Crippen LogP contribution in [0.1, 0.15) is 25.0 Å². The molecule has 0 aliphatic carbocycles. The van der Waals surface area contributed by atoms with Gasteiger partial charge in [-0.1, -0.05) is 0 Å². The molecule has 19 heavy (non-hydrogen) atoms. The summed E-state index contributed by atoms with van der Waals surface area (Å²) in [5, 5.41) is 3.03. The van der Waals surface area contributed by atoms with Gasteiger partial charge in [-0.25, -0.2) is 23.5 Å². The van der Waals surface area contributed by atoms with Crippen molar-refractivity contribution in [3.8, 4) is 0 Å². The van der Waals surface area contributed by atoms with Crippen molar-refractivity contribution in [3.05, 3.63) is 18.1 Å². The summed E-state index contributed by atoms with van der Waals surface area (Å²) in [6.07, 6.45) is 0.112. The smallest absolute Gasteiger partial charge is 0.314 e. The lowest BCUT2D eigenvalue weighted by Gasteiger charge is -2.32. The normalized spacial score (nSPS) is 19.5. The number of hydrogen-bond acceptors (Lipinski definition) is 4. The molecule has 6 nitrogen and oxygen atoms in total. The Morgan fingerprint density at radius 1 is 1.53 bits per heavy atom. The molecule has 3 N–H and O–H groups in total. The lowest BCUT2D eigenvalue weighted by atomic mass is 10.1. The first-order valence-corrected chi connectivity index (χ1v) is 5.97. The maximum atomic E-state index is 12.5. The third-order valence-corrected chi connectivity index (χ3v) is 3.00. The molecule has 104 valence electrons. The number of halogens is 2. The minimum atomic E-state index is -2.63. The molecule has 1 aromatic heterocycles. The van der Waals surface area contributed by atoms with Gasteiger partial charge in [0.2, 0.25) is 0 Å². The number of carbonyl (C=O) groups is 1. The van der Waals surface area contributed by atoms with Crippen LogP contribution in [-0.2, 0) is 0 Å². The van der Waals surface area contributed by atoms with E-state index in [0.29, 0.717) is 18.9 Å². The third kappa shape index (κ3) is 3.49. The van der Waals surface area contributed by atoms with Gasteiger partial charge in [0.25, 0.3) is 6.43 Å². The van der Waals surface area contributed by atoms with Gasteiger partial charge in [0.05, 0.1) is 0 Å². The van der Waals surface area contributed by atoms with Crippen molar-refractivity contribution in [1.29, 1.82) is 0 Å². The van der Waals surface area contributed by atoms with E-state index in [9.17, 15) is 13.6 Å². The van der Waals surface area contributed by atoms with Crippen LogP contribution in [0.5, 0.6) is 0 Å². The predicted octanol–water partition coefficient (Wildman–Crippen LogP) is 1.37. The molecule has 8 heteroatoms. The number of aromatic nitrogens is 2. The molecule has 2 rings (SSSR count). The fourth-order valence-corrected chi connectivity index (χ4v) is 2.07. The summed E-state index contributed by atoms with van der Waals surface area (Å²) in [6.45, 7) is 1.07. The van der Waals surface area contributed by atoms with Crippen LogP contribution in [-0.4, -0.2) is 40.0 Å². The number of carbonyl (C=O) groups excluding carboxylic acids is 1. The lowest BCUT2D eigenvalue weighted by Crippen LogP contribution is -2.47. The van der Waals surface area contributed by atoms with Gasteiger partial charge in [0, 0.05) is 25.2 Å². The number of amides is 2. The molecule has 2 amide bonds. The molecule has 0 bridgehead atoms. The number of alkyl halides is 2. The zero-order chi connectivity index (χ0) is 13.8. The summed E-state index contributed by atoms with van der Waals surface area (Å²) < 4.78 is 25.0. The average Bonchev–Trinajstić information content (AvgIpc) is 2.39. The molecule has 1 fully saturated rings. The monoisotopic (exact) mass is 271 g/mol. The maximum Gasteiger partial charge on any atom is 0.314 e. The van der Waals surface area contributed by atoms with Crippen LogP contribution in [0.15, 0.2) is 12.4 Å². The molecule has 2 heterocycles. The van der Waals surface area contributed by atoms with E-state index in [1.807, 2.05) is 0 Å². The Hall–Kier alpha value is -1.99. The van der Waals surface area contributed by atoms with Crippen LogP contribution in [0.25, 0.3) is 0 Å². The number of piperidine rings is 1. The van der Waals surface area contributed by atoms with Gasteiger partial charge in [-0.3, -0.25) is 0 Å². The summed E-state index contributed by atoms with van der Waals surface area (Å²) >= 11 is 0. The molecular weight excluding hydrogens is 256 g/mol. The van der Waals surface area contributed by atoms with E-state index in [-0.39, 0.29) is 11.7 Å². The second-order valence-corrected chi connectivity index (χ2v) is 4.40. The van der Waals surface area contributed by atoms with Crippen molar-refractivity contribution in [2.45, 2.75) is 25.3 Å². The molecule has 1 aromatic rings. The maximum absolute atomic E-state index is 12.5. The number of primary amides is 1. The highest BCUT2D eigenvalue weighted by atomic mass is 19.3. The van der Waals surface area contributed by atoms with E-state index in [2.05, 4.69) is 15.3 Å². The Bertz CT molecular complexity index is 456. The Morgan fingerprint density at radius 2 is 2.32 bits per heavy atom. The first-order chi connectivity index (χ1) is 9.06. The number of urea groups is 1. The van der Waals surface area contributed by atoms with E-state index in [0.717, 1.165) is 19.2 Å². The molecule has 0 aromatic carbocycles. The summed E-state index contributed by atoms with van der Waals surface area (Å²) in [6, 6.07) is 0.706. The van der Waals surface area contributed by atoms with Crippen LogP contribution in [0.2, 0.25) is 0 Å². The SMILES string of the molecule is NC(=O)N1CCCC(Nc2cc(C(F)F)ncn2)C1. The molecule has 0 saturated carbocycles. The summed E-state index contributed by atoms with van der Waals surface area (Å²) in [5.74, 6) is 0.335. The third-order valence-electron chi connectivity index (χ3n) is 3.00. The van der Waals surface area contributed by atoms with E-state index >= 15 is 0 Å². The number of nitrogens with two attached hydrogens (primary N) is 1. The molecule has 0 spiro atoms. The molecule has 1 atom stereocenters. The van der Waals surface area contributed by atoms with Gasteiger partial charge in [-0.05, 0) is 12.8 Å². The molecule has 0 radical (unpaired) electrons. The van der Waals surface area contributed by atoms with Gasteiger partial charge in [0.1, 0.15) is 17.8 Å². The Labute approximate surface area is 109 Å².